The second kappa shape index (κ2) is 9.10. The Morgan fingerprint density at radius 3 is 2.59 bits per heavy atom. The number of hydrogen-bond donors (Lipinski definition) is 2. The maximum Gasteiger partial charge on any atom is 0.337 e. The molecule has 2 N–H and O–H groups in total. The predicted octanol–water partition coefficient (Wildman–Crippen LogP) is 3.24. The number of methoxy groups -OCH3 is 1. The maximum atomic E-state index is 11.8. The Hall–Kier alpha value is -3.23. The lowest BCUT2D eigenvalue weighted by Gasteiger charge is -2.27. The second-order valence-electron chi connectivity index (χ2n) is 7.74. The Labute approximate surface area is 192 Å². The summed E-state index contributed by atoms with van der Waals surface area (Å²) < 4.78 is 6.96. The van der Waals surface area contributed by atoms with Crippen molar-refractivity contribution < 1.29 is 14.6 Å². The molecule has 7 nitrogen and oxygen atoms in total. The molecule has 1 fully saturated rings. The number of aliphatic hydroxyl groups excluding tert-OH is 1. The first-order valence-corrected chi connectivity index (χ1v) is 10.8. The van der Waals surface area contributed by atoms with Gasteiger partial charge in [-0.1, -0.05) is 6.07 Å². The van der Waals surface area contributed by atoms with Gasteiger partial charge in [-0.2, -0.15) is 0 Å². The number of pyridine rings is 1. The highest BCUT2D eigenvalue weighted by Gasteiger charge is 2.41. The number of β-amino-alcohol motifs (C(OH)–C–C–N with tert-alkyl or cyclic N) is 1. The van der Waals surface area contributed by atoms with Gasteiger partial charge in [-0.05, 0) is 74.1 Å². The molecule has 0 unspecified atom stereocenters. The molecule has 32 heavy (non-hydrogen) atoms. The van der Waals surface area contributed by atoms with Gasteiger partial charge in [0.25, 0.3) is 0 Å². The standard InChI is InChI=1S/C24H26N4O3S/c1-15-14-19(16(2)28(15)18-9-7-17(8-10-18)23(30)31-3)22-21(20-6-4-5-11-25-20)26-24(32)27(22)12-13-29/h4-11,14,21-22,29H,12-13H2,1-3H3,(H,26,32)/t21-,22-/m0/s1. The molecule has 1 aliphatic rings. The van der Waals surface area contributed by atoms with Crippen LogP contribution in [0.5, 0.6) is 0 Å². The van der Waals surface area contributed by atoms with Crippen LogP contribution in [-0.2, 0) is 4.74 Å². The van der Waals surface area contributed by atoms with E-state index in [1.165, 1.54) is 7.11 Å². The molecule has 1 saturated heterocycles. The Bertz CT molecular complexity index is 1130. The Morgan fingerprint density at radius 1 is 1.22 bits per heavy atom. The SMILES string of the molecule is COC(=O)c1ccc(-n2c(C)cc([C@H]3[C@H](c4ccccn4)NC(=S)N3CCO)c2C)cc1. The molecule has 0 radical (unpaired) electrons. The van der Waals surface area contributed by atoms with Crippen molar-refractivity contribution in [2.75, 3.05) is 20.3 Å². The van der Waals surface area contributed by atoms with Gasteiger partial charge in [0.1, 0.15) is 0 Å². The summed E-state index contributed by atoms with van der Waals surface area (Å²) in [7, 11) is 1.37. The topological polar surface area (TPSA) is 79.6 Å². The summed E-state index contributed by atoms with van der Waals surface area (Å²) in [4.78, 5) is 18.4. The number of aromatic nitrogens is 2. The van der Waals surface area contributed by atoms with Crippen LogP contribution in [0.2, 0.25) is 0 Å². The summed E-state index contributed by atoms with van der Waals surface area (Å²) >= 11 is 5.61. The first kappa shape index (κ1) is 22.0. The van der Waals surface area contributed by atoms with Crippen LogP contribution in [0, 0.1) is 13.8 Å². The Morgan fingerprint density at radius 2 is 1.97 bits per heavy atom. The van der Waals surface area contributed by atoms with Crippen LogP contribution in [0.4, 0.5) is 0 Å². The van der Waals surface area contributed by atoms with Crippen molar-refractivity contribution in [2.24, 2.45) is 0 Å². The fraction of sp³-hybridized carbons (Fsp3) is 0.292. The molecule has 2 aromatic heterocycles. The zero-order valence-corrected chi connectivity index (χ0v) is 19.1. The van der Waals surface area contributed by atoms with Crippen molar-refractivity contribution in [2.45, 2.75) is 25.9 Å². The van der Waals surface area contributed by atoms with Gasteiger partial charge in [-0.25, -0.2) is 4.79 Å². The van der Waals surface area contributed by atoms with Gasteiger partial charge in [-0.15, -0.1) is 0 Å². The predicted molar refractivity (Wildman–Crippen MR) is 126 cm³/mol. The number of hydrogen-bond acceptors (Lipinski definition) is 5. The van der Waals surface area contributed by atoms with Gasteiger partial charge in [0.05, 0.1) is 37.1 Å². The lowest BCUT2D eigenvalue weighted by atomic mass is 9.97. The number of esters is 1. The minimum absolute atomic E-state index is 0.000979. The molecule has 0 saturated carbocycles. The van der Waals surface area contributed by atoms with Crippen molar-refractivity contribution in [3.63, 3.8) is 0 Å². The van der Waals surface area contributed by atoms with E-state index >= 15 is 0 Å². The fourth-order valence-corrected chi connectivity index (χ4v) is 4.77. The molecule has 166 valence electrons. The number of nitrogens with zero attached hydrogens (tertiary/aromatic N) is 3. The van der Waals surface area contributed by atoms with Crippen LogP contribution in [0.25, 0.3) is 5.69 Å². The lowest BCUT2D eigenvalue weighted by Crippen LogP contribution is -2.32. The van der Waals surface area contributed by atoms with Crippen LogP contribution in [0.1, 0.15) is 45.1 Å². The van der Waals surface area contributed by atoms with Gasteiger partial charge in [0.2, 0.25) is 0 Å². The summed E-state index contributed by atoms with van der Waals surface area (Å²) in [6, 6.07) is 15.1. The number of rotatable bonds is 6. The van der Waals surface area contributed by atoms with E-state index in [-0.39, 0.29) is 24.7 Å². The van der Waals surface area contributed by atoms with E-state index in [1.54, 1.807) is 18.3 Å². The van der Waals surface area contributed by atoms with Crippen LogP contribution in [-0.4, -0.2) is 50.9 Å². The Kier molecular flexibility index (Phi) is 6.25. The molecule has 3 heterocycles. The van der Waals surface area contributed by atoms with E-state index in [0.29, 0.717) is 17.2 Å². The van der Waals surface area contributed by atoms with Crippen LogP contribution in [0.15, 0.2) is 54.7 Å². The number of nitrogens with one attached hydrogen (secondary N) is 1. The van der Waals surface area contributed by atoms with Crippen molar-refractivity contribution in [3.05, 3.63) is 82.9 Å². The molecule has 0 spiro atoms. The molecule has 0 amide bonds. The summed E-state index contributed by atoms with van der Waals surface area (Å²) in [5.74, 6) is -0.360. The van der Waals surface area contributed by atoms with Crippen molar-refractivity contribution in [1.29, 1.82) is 0 Å². The largest absolute Gasteiger partial charge is 0.465 e. The number of ether oxygens (including phenoxy) is 1. The van der Waals surface area contributed by atoms with Gasteiger partial charge in [0.15, 0.2) is 5.11 Å². The van der Waals surface area contributed by atoms with Crippen molar-refractivity contribution >= 4 is 23.3 Å². The van der Waals surface area contributed by atoms with Gasteiger partial charge in [-0.3, -0.25) is 4.98 Å². The van der Waals surface area contributed by atoms with Crippen molar-refractivity contribution in [1.82, 2.24) is 19.8 Å². The van der Waals surface area contributed by atoms with Crippen LogP contribution >= 0.6 is 12.2 Å². The number of benzene rings is 1. The summed E-state index contributed by atoms with van der Waals surface area (Å²) in [6.07, 6.45) is 1.78. The average Bonchev–Trinajstić information content (AvgIpc) is 3.29. The first-order chi connectivity index (χ1) is 15.5. The third-order valence-electron chi connectivity index (χ3n) is 5.87. The molecule has 4 rings (SSSR count). The molecular weight excluding hydrogens is 424 g/mol. The molecule has 3 aromatic rings. The van der Waals surface area contributed by atoms with E-state index < -0.39 is 0 Å². The minimum atomic E-state index is -0.360. The minimum Gasteiger partial charge on any atom is -0.465 e. The van der Waals surface area contributed by atoms with Crippen molar-refractivity contribution in [3.8, 4) is 5.69 Å². The normalized spacial score (nSPS) is 18.0. The second-order valence-corrected chi connectivity index (χ2v) is 8.13. The highest BCUT2D eigenvalue weighted by molar-refractivity contribution is 7.80. The summed E-state index contributed by atoms with van der Waals surface area (Å²) in [6.45, 7) is 4.56. The van der Waals surface area contributed by atoms with Crippen LogP contribution < -0.4 is 5.32 Å². The maximum absolute atomic E-state index is 11.8. The zero-order valence-electron chi connectivity index (χ0n) is 18.3. The number of carbonyl (C=O) groups is 1. The smallest absolute Gasteiger partial charge is 0.337 e. The van der Waals surface area contributed by atoms with E-state index in [0.717, 1.165) is 28.3 Å². The van der Waals surface area contributed by atoms with Crippen LogP contribution in [0.3, 0.4) is 0 Å². The third kappa shape index (κ3) is 3.87. The summed E-state index contributed by atoms with van der Waals surface area (Å²) in [5, 5.41) is 13.7. The molecule has 8 heteroatoms. The molecular formula is C24H26N4O3S. The highest BCUT2D eigenvalue weighted by Crippen LogP contribution is 2.41. The molecule has 2 atom stereocenters. The lowest BCUT2D eigenvalue weighted by molar-refractivity contribution is 0.0600. The van der Waals surface area contributed by atoms with Gasteiger partial charge in [0, 0.05) is 29.8 Å². The average molecular weight is 451 g/mol. The van der Waals surface area contributed by atoms with E-state index in [1.807, 2.05) is 35.2 Å². The zero-order chi connectivity index (χ0) is 22.8. The van der Waals surface area contributed by atoms with Gasteiger partial charge >= 0.3 is 5.97 Å². The van der Waals surface area contributed by atoms with E-state index in [9.17, 15) is 9.90 Å². The Balaban J connectivity index is 1.78. The number of thiocarbonyl (C=S) groups is 1. The summed E-state index contributed by atoms with van der Waals surface area (Å²) in [5.41, 5.74) is 5.59. The molecule has 0 bridgehead atoms. The third-order valence-corrected chi connectivity index (χ3v) is 6.23. The number of aryl methyl sites for hydroxylation is 1. The number of carbonyl (C=O) groups excluding carboxylic acids is 1. The monoisotopic (exact) mass is 450 g/mol. The fourth-order valence-electron chi connectivity index (χ4n) is 4.44. The quantitative estimate of drug-likeness (QED) is 0.441. The first-order valence-electron chi connectivity index (χ1n) is 10.4. The van der Waals surface area contributed by atoms with Gasteiger partial charge < -0.3 is 24.6 Å². The number of aliphatic hydroxyl groups is 1. The molecule has 1 aromatic carbocycles. The highest BCUT2D eigenvalue weighted by atomic mass is 32.1. The van der Waals surface area contributed by atoms with E-state index in [2.05, 4.69) is 34.8 Å². The molecule has 0 aliphatic carbocycles. The molecule has 1 aliphatic heterocycles. The van der Waals surface area contributed by atoms with E-state index in [4.69, 9.17) is 17.0 Å².